The van der Waals surface area contributed by atoms with E-state index in [-0.39, 0.29) is 58.9 Å². The molecule has 4 rings (SSSR count). The summed E-state index contributed by atoms with van der Waals surface area (Å²) < 4.78 is 18.8. The van der Waals surface area contributed by atoms with Gasteiger partial charge in [0, 0.05) is 35.8 Å². The Morgan fingerprint density at radius 1 is 1.08 bits per heavy atom. The molecule has 2 aromatic heterocycles. The van der Waals surface area contributed by atoms with Gasteiger partial charge in [-0.25, -0.2) is 9.37 Å². The molecule has 2 amide bonds. The maximum atomic E-state index is 13.6. The average Bonchev–Trinajstić information content (AvgIpc) is 3.42. The highest BCUT2D eigenvalue weighted by molar-refractivity contribution is 6.03. The van der Waals surface area contributed by atoms with Gasteiger partial charge in [0.05, 0.1) is 12.0 Å². The van der Waals surface area contributed by atoms with Crippen LogP contribution >= 0.6 is 12.4 Å². The van der Waals surface area contributed by atoms with Crippen LogP contribution in [0.2, 0.25) is 0 Å². The Bertz CT molecular complexity index is 1500. The number of phenolic OH excluding ortho intramolecular Hbond substituents is 1. The number of nitrogens with zero attached hydrogens (tertiary/aromatic N) is 2. The highest BCUT2D eigenvalue weighted by Crippen LogP contribution is 2.36. The third kappa shape index (κ3) is 6.34. The molecular weight excluding hydrogens is 513 g/mol. The zero-order chi connectivity index (χ0) is 26.4. The van der Waals surface area contributed by atoms with Gasteiger partial charge in [0.15, 0.2) is 11.6 Å². The molecule has 0 bridgehead atoms. The standard InChI is InChI=1S/C27H22FN5O4.ClH/c1-30-10-9-25(35)31-18-5-2-4-16(12-18)20-14-22(19-8-7-17(28)13-23(19)34)32-26(21(20)15-29)33-27(36)24-6-3-11-37-24;/h2-8,11-14,30,34H,9-10H2,1H3,(H,31,35)(H,32,33,36);1H. The first-order chi connectivity index (χ1) is 17.9. The van der Waals surface area contributed by atoms with Crippen molar-refractivity contribution in [3.05, 3.63) is 84.1 Å². The average molecular weight is 536 g/mol. The number of aromatic nitrogens is 1. The minimum absolute atomic E-state index is 0. The van der Waals surface area contributed by atoms with Crippen LogP contribution in [0.25, 0.3) is 22.4 Å². The molecule has 38 heavy (non-hydrogen) atoms. The van der Waals surface area contributed by atoms with Crippen molar-refractivity contribution < 1.29 is 23.5 Å². The zero-order valence-electron chi connectivity index (χ0n) is 20.1. The van der Waals surface area contributed by atoms with Crippen LogP contribution < -0.4 is 16.0 Å². The lowest BCUT2D eigenvalue weighted by molar-refractivity contribution is -0.116. The Morgan fingerprint density at radius 3 is 2.58 bits per heavy atom. The molecule has 0 saturated carbocycles. The molecule has 0 aliphatic carbocycles. The second-order valence-corrected chi connectivity index (χ2v) is 7.97. The number of nitriles is 1. The fourth-order valence-electron chi connectivity index (χ4n) is 3.64. The number of aromatic hydroxyl groups is 1. The molecule has 2 aromatic carbocycles. The van der Waals surface area contributed by atoms with E-state index in [1.54, 1.807) is 43.4 Å². The summed E-state index contributed by atoms with van der Waals surface area (Å²) in [6.07, 6.45) is 1.61. The molecule has 0 fully saturated rings. The number of hydrogen-bond acceptors (Lipinski definition) is 7. The lowest BCUT2D eigenvalue weighted by Crippen LogP contribution is -2.18. The molecule has 0 unspecified atom stereocenters. The van der Waals surface area contributed by atoms with Crippen molar-refractivity contribution in [1.82, 2.24) is 10.3 Å². The Labute approximate surface area is 223 Å². The van der Waals surface area contributed by atoms with Crippen LogP contribution in [0.4, 0.5) is 15.9 Å². The smallest absolute Gasteiger partial charge is 0.292 e. The fourth-order valence-corrected chi connectivity index (χ4v) is 3.64. The van der Waals surface area contributed by atoms with Crippen LogP contribution in [0, 0.1) is 17.1 Å². The van der Waals surface area contributed by atoms with Crippen molar-refractivity contribution in [2.45, 2.75) is 6.42 Å². The molecule has 194 valence electrons. The monoisotopic (exact) mass is 535 g/mol. The number of hydrogen-bond donors (Lipinski definition) is 4. The van der Waals surface area contributed by atoms with E-state index < -0.39 is 11.7 Å². The van der Waals surface area contributed by atoms with Gasteiger partial charge in [0.25, 0.3) is 5.91 Å². The largest absolute Gasteiger partial charge is 0.507 e. The molecule has 0 spiro atoms. The zero-order valence-corrected chi connectivity index (χ0v) is 20.9. The first kappa shape index (κ1) is 27.9. The number of phenols is 1. The molecule has 9 nitrogen and oxygen atoms in total. The van der Waals surface area contributed by atoms with Gasteiger partial charge in [-0.3, -0.25) is 9.59 Å². The number of anilines is 2. The van der Waals surface area contributed by atoms with Gasteiger partial charge in [-0.05, 0) is 55.1 Å². The molecule has 11 heteroatoms. The quantitative estimate of drug-likeness (QED) is 0.250. The first-order valence-electron chi connectivity index (χ1n) is 11.2. The third-order valence-corrected chi connectivity index (χ3v) is 5.40. The van der Waals surface area contributed by atoms with Crippen molar-refractivity contribution >= 4 is 35.7 Å². The molecular formula is C27H23ClFN5O4. The topological polar surface area (TPSA) is 140 Å². The summed E-state index contributed by atoms with van der Waals surface area (Å²) in [5, 5.41) is 28.7. The second kappa shape index (κ2) is 12.5. The van der Waals surface area contributed by atoms with Crippen LogP contribution in [0.5, 0.6) is 5.75 Å². The minimum Gasteiger partial charge on any atom is -0.507 e. The summed E-state index contributed by atoms with van der Waals surface area (Å²) in [5.41, 5.74) is 1.84. The number of halogens is 2. The van der Waals surface area contributed by atoms with E-state index in [4.69, 9.17) is 4.42 Å². The molecule has 4 N–H and O–H groups in total. The van der Waals surface area contributed by atoms with Gasteiger partial charge >= 0.3 is 0 Å². The number of nitrogens with one attached hydrogen (secondary N) is 3. The van der Waals surface area contributed by atoms with Gasteiger partial charge in [0.2, 0.25) is 5.91 Å². The van der Waals surface area contributed by atoms with Crippen molar-refractivity contribution in [2.24, 2.45) is 0 Å². The van der Waals surface area contributed by atoms with E-state index in [1.165, 1.54) is 18.4 Å². The molecule has 0 aliphatic heterocycles. The van der Waals surface area contributed by atoms with Crippen LogP contribution in [-0.2, 0) is 4.79 Å². The van der Waals surface area contributed by atoms with Gasteiger partial charge in [-0.1, -0.05) is 12.1 Å². The van der Waals surface area contributed by atoms with Crippen LogP contribution in [0.3, 0.4) is 0 Å². The number of benzene rings is 2. The summed E-state index contributed by atoms with van der Waals surface area (Å²) in [6, 6.07) is 16.9. The molecule has 0 radical (unpaired) electrons. The number of carbonyl (C=O) groups is 2. The van der Waals surface area contributed by atoms with Crippen LogP contribution in [-0.4, -0.2) is 35.5 Å². The Balaban J connectivity index is 0.00000400. The Kier molecular flexibility index (Phi) is 9.16. The summed E-state index contributed by atoms with van der Waals surface area (Å²) in [4.78, 5) is 29.3. The van der Waals surface area contributed by atoms with E-state index >= 15 is 0 Å². The number of pyridine rings is 1. The van der Waals surface area contributed by atoms with Crippen LogP contribution in [0.15, 0.2) is 71.3 Å². The van der Waals surface area contributed by atoms with Crippen molar-refractivity contribution in [1.29, 1.82) is 5.26 Å². The van der Waals surface area contributed by atoms with E-state index in [1.807, 2.05) is 0 Å². The van der Waals surface area contributed by atoms with E-state index in [9.17, 15) is 24.3 Å². The minimum atomic E-state index is -0.636. The molecule has 4 aromatic rings. The fraction of sp³-hybridized carbons (Fsp3) is 0.111. The van der Waals surface area contributed by atoms with Gasteiger partial charge in [-0.2, -0.15) is 5.26 Å². The highest BCUT2D eigenvalue weighted by Gasteiger charge is 2.20. The molecule has 0 atom stereocenters. The SMILES string of the molecule is CNCCC(=O)Nc1cccc(-c2cc(-c3ccc(F)cc3O)nc(NC(=O)c3ccco3)c2C#N)c1.Cl. The summed E-state index contributed by atoms with van der Waals surface area (Å²) in [5.74, 6) is -1.90. The number of furan rings is 1. The lowest BCUT2D eigenvalue weighted by Gasteiger charge is -2.15. The normalized spacial score (nSPS) is 10.2. The van der Waals surface area contributed by atoms with Crippen molar-refractivity contribution in [3.8, 4) is 34.2 Å². The van der Waals surface area contributed by atoms with E-state index in [0.29, 0.717) is 23.4 Å². The molecule has 0 aliphatic rings. The first-order valence-corrected chi connectivity index (χ1v) is 11.2. The number of rotatable bonds is 8. The predicted molar refractivity (Wildman–Crippen MR) is 143 cm³/mol. The lowest BCUT2D eigenvalue weighted by atomic mass is 9.97. The third-order valence-electron chi connectivity index (χ3n) is 5.40. The van der Waals surface area contributed by atoms with E-state index in [0.717, 1.165) is 12.1 Å². The van der Waals surface area contributed by atoms with Gasteiger partial charge in [-0.15, -0.1) is 12.4 Å². The number of amides is 2. The maximum Gasteiger partial charge on any atom is 0.292 e. The van der Waals surface area contributed by atoms with Crippen molar-refractivity contribution in [3.63, 3.8) is 0 Å². The summed E-state index contributed by atoms with van der Waals surface area (Å²) in [6.45, 7) is 0.512. The Hall–Kier alpha value is -4.72. The second-order valence-electron chi connectivity index (χ2n) is 7.97. The predicted octanol–water partition coefficient (Wildman–Crippen LogP) is 4.95. The van der Waals surface area contributed by atoms with E-state index in [2.05, 4.69) is 27.0 Å². The maximum absolute atomic E-state index is 13.6. The highest BCUT2D eigenvalue weighted by atomic mass is 35.5. The number of carbonyl (C=O) groups excluding carboxylic acids is 2. The molecule has 2 heterocycles. The molecule has 0 saturated heterocycles. The van der Waals surface area contributed by atoms with Gasteiger partial charge in [0.1, 0.15) is 23.2 Å². The van der Waals surface area contributed by atoms with Crippen LogP contribution in [0.1, 0.15) is 22.5 Å². The summed E-state index contributed by atoms with van der Waals surface area (Å²) in [7, 11) is 1.75. The van der Waals surface area contributed by atoms with Gasteiger partial charge < -0.3 is 25.5 Å². The van der Waals surface area contributed by atoms with Crippen molar-refractivity contribution in [2.75, 3.05) is 24.2 Å². The Morgan fingerprint density at radius 2 is 1.89 bits per heavy atom. The summed E-state index contributed by atoms with van der Waals surface area (Å²) >= 11 is 0.